The summed E-state index contributed by atoms with van der Waals surface area (Å²) < 4.78 is 32.6. The fourth-order valence-corrected chi connectivity index (χ4v) is 2.61. The Balaban J connectivity index is 2.16. The van der Waals surface area contributed by atoms with Crippen LogP contribution in [-0.2, 0) is 28.4 Å². The van der Waals surface area contributed by atoms with Crippen LogP contribution in [0.25, 0.3) is 0 Å². The zero-order valence-electron chi connectivity index (χ0n) is 9.95. The van der Waals surface area contributed by atoms with Crippen molar-refractivity contribution in [1.82, 2.24) is 0 Å². The van der Waals surface area contributed by atoms with Crippen LogP contribution < -0.4 is 0 Å². The molecule has 2 aliphatic heterocycles. The molecule has 0 aromatic carbocycles. The predicted molar refractivity (Wildman–Crippen MR) is 58.9 cm³/mol. The van der Waals surface area contributed by atoms with Gasteiger partial charge in [-0.3, -0.25) is 0 Å². The van der Waals surface area contributed by atoms with Crippen molar-refractivity contribution in [3.05, 3.63) is 0 Å². The molecule has 98 valence electrons. The van der Waals surface area contributed by atoms with Crippen LogP contribution in [0.5, 0.6) is 0 Å². The second-order valence-electron chi connectivity index (χ2n) is 3.85. The molecule has 0 radical (unpaired) electrons. The van der Waals surface area contributed by atoms with Gasteiger partial charge < -0.3 is 0 Å². The van der Waals surface area contributed by atoms with E-state index in [1.807, 2.05) is 0 Å². The molecular formula is C10H16O6Se. The van der Waals surface area contributed by atoms with Crippen LogP contribution in [-0.4, -0.2) is 79.0 Å². The van der Waals surface area contributed by atoms with Crippen LogP contribution in [0, 0.1) is 0 Å². The van der Waals surface area contributed by atoms with Gasteiger partial charge >= 0.3 is 107 Å². The number of ether oxygens (including phenoxy) is 6. The third-order valence-corrected chi connectivity index (χ3v) is 3.29. The van der Waals surface area contributed by atoms with E-state index in [9.17, 15) is 0 Å². The summed E-state index contributed by atoms with van der Waals surface area (Å²) in [6.45, 7) is 0.411. The predicted octanol–water partition coefficient (Wildman–Crippen LogP) is -0.941. The van der Waals surface area contributed by atoms with Crippen LogP contribution in [0.4, 0.5) is 0 Å². The van der Waals surface area contributed by atoms with Crippen molar-refractivity contribution < 1.29 is 28.4 Å². The first-order valence-electron chi connectivity index (χ1n) is 5.28. The number of rotatable bonds is 4. The Labute approximate surface area is 108 Å². The standard InChI is InChI=1S/C10H16O6Se/c1-11-4-5-6-7(16-10(17)15-6)8(12-2)9(13-3)14-5/h5-9H,4H2,1-3H3/t5-,6+,7+,8-,9+/m1/s1. The van der Waals surface area contributed by atoms with Crippen molar-refractivity contribution in [2.75, 3.05) is 27.9 Å². The molecule has 17 heavy (non-hydrogen) atoms. The van der Waals surface area contributed by atoms with Crippen LogP contribution >= 0.6 is 0 Å². The van der Waals surface area contributed by atoms with Crippen LogP contribution in [0.1, 0.15) is 0 Å². The molecule has 2 fully saturated rings. The molecule has 0 unspecified atom stereocenters. The molecule has 0 amide bonds. The van der Waals surface area contributed by atoms with Crippen LogP contribution in [0.3, 0.4) is 0 Å². The molecule has 0 saturated carbocycles. The molecule has 2 aliphatic rings. The summed E-state index contributed by atoms with van der Waals surface area (Å²) in [5, 5.41) is 0. The Bertz CT molecular complexity index is 286. The van der Waals surface area contributed by atoms with Crippen molar-refractivity contribution in [2.24, 2.45) is 0 Å². The van der Waals surface area contributed by atoms with Gasteiger partial charge in [0, 0.05) is 0 Å². The van der Waals surface area contributed by atoms with E-state index in [1.165, 1.54) is 0 Å². The molecule has 0 aromatic heterocycles. The fraction of sp³-hybridized carbons (Fsp3) is 0.900. The van der Waals surface area contributed by atoms with Crippen molar-refractivity contribution in [2.45, 2.75) is 30.7 Å². The molecule has 6 nitrogen and oxygen atoms in total. The zero-order valence-corrected chi connectivity index (χ0v) is 11.7. The van der Waals surface area contributed by atoms with Gasteiger partial charge in [0.2, 0.25) is 0 Å². The third-order valence-electron chi connectivity index (χ3n) is 2.89. The summed E-state index contributed by atoms with van der Waals surface area (Å²) in [6.07, 6.45) is -1.57. The van der Waals surface area contributed by atoms with E-state index in [2.05, 4.69) is 15.6 Å². The van der Waals surface area contributed by atoms with Gasteiger partial charge in [-0.05, 0) is 0 Å². The van der Waals surface area contributed by atoms with E-state index >= 15 is 0 Å². The van der Waals surface area contributed by atoms with E-state index in [0.717, 1.165) is 0 Å². The van der Waals surface area contributed by atoms with Crippen molar-refractivity contribution in [3.63, 3.8) is 0 Å². The molecule has 2 saturated heterocycles. The molecule has 0 aromatic rings. The number of hydrogen-bond acceptors (Lipinski definition) is 6. The molecule has 0 aliphatic carbocycles. The maximum atomic E-state index is 5.74. The van der Waals surface area contributed by atoms with Gasteiger partial charge in [-0.25, -0.2) is 0 Å². The van der Waals surface area contributed by atoms with E-state index in [4.69, 9.17) is 28.4 Å². The minimum atomic E-state index is -0.490. The fourth-order valence-electron chi connectivity index (χ4n) is 2.14. The first-order chi connectivity index (χ1) is 8.21. The Morgan fingerprint density at radius 2 is 1.82 bits per heavy atom. The SMILES string of the molecule is COC[C@H]1O[C@H](OC)[C@H](OC)[C@H]2OC(=[Se])O[C@H]21. The van der Waals surface area contributed by atoms with Crippen molar-refractivity contribution >= 4 is 20.4 Å². The van der Waals surface area contributed by atoms with E-state index < -0.39 is 6.29 Å². The van der Waals surface area contributed by atoms with Crippen LogP contribution in [0.15, 0.2) is 0 Å². The summed E-state index contributed by atoms with van der Waals surface area (Å²) in [4.78, 5) is 0.406. The van der Waals surface area contributed by atoms with E-state index in [1.54, 1.807) is 21.3 Å². The summed E-state index contributed by atoms with van der Waals surface area (Å²) in [5.74, 6) is 0. The van der Waals surface area contributed by atoms with Crippen molar-refractivity contribution in [1.29, 1.82) is 0 Å². The first-order valence-corrected chi connectivity index (χ1v) is 6.14. The maximum absolute atomic E-state index is 5.74. The normalized spacial score (nSPS) is 40.6. The topological polar surface area (TPSA) is 55.4 Å². The quantitative estimate of drug-likeness (QED) is 0.625. The van der Waals surface area contributed by atoms with Gasteiger partial charge in [-0.2, -0.15) is 0 Å². The first kappa shape index (κ1) is 13.3. The number of hydrogen-bond donors (Lipinski definition) is 0. The molecular weight excluding hydrogens is 295 g/mol. The van der Waals surface area contributed by atoms with Gasteiger partial charge in [-0.1, -0.05) is 0 Å². The molecule has 2 rings (SSSR count). The summed E-state index contributed by atoms with van der Waals surface area (Å²) in [5.41, 5.74) is 0. The van der Waals surface area contributed by atoms with Gasteiger partial charge in [0.1, 0.15) is 0 Å². The summed E-state index contributed by atoms with van der Waals surface area (Å²) >= 11 is 2.71. The average Bonchev–Trinajstić information content (AvgIpc) is 2.70. The van der Waals surface area contributed by atoms with E-state index in [-0.39, 0.29) is 24.4 Å². The summed E-state index contributed by atoms with van der Waals surface area (Å²) in [6, 6.07) is 0. The molecule has 0 spiro atoms. The summed E-state index contributed by atoms with van der Waals surface area (Å²) in [7, 11) is 4.77. The Morgan fingerprint density at radius 3 is 2.41 bits per heavy atom. The van der Waals surface area contributed by atoms with Gasteiger partial charge in [-0.15, -0.1) is 0 Å². The van der Waals surface area contributed by atoms with Gasteiger partial charge in [0.05, 0.1) is 0 Å². The second kappa shape index (κ2) is 5.65. The zero-order chi connectivity index (χ0) is 12.4. The average molecular weight is 311 g/mol. The Kier molecular flexibility index (Phi) is 4.41. The molecule has 0 bridgehead atoms. The van der Waals surface area contributed by atoms with E-state index in [0.29, 0.717) is 11.4 Å². The van der Waals surface area contributed by atoms with Crippen molar-refractivity contribution in [3.8, 4) is 0 Å². The van der Waals surface area contributed by atoms with Crippen LogP contribution in [0.2, 0.25) is 0 Å². The number of fused-ring (bicyclic) bond motifs is 1. The van der Waals surface area contributed by atoms with Gasteiger partial charge in [0.25, 0.3) is 0 Å². The Hall–Kier alpha value is -0.171. The molecule has 0 N–H and O–H groups in total. The third kappa shape index (κ3) is 2.50. The minimum absolute atomic E-state index is 0.243. The molecule has 2 heterocycles. The number of methoxy groups -OCH3 is 3. The van der Waals surface area contributed by atoms with Gasteiger partial charge in [0.15, 0.2) is 0 Å². The monoisotopic (exact) mass is 312 g/mol. The molecule has 7 heteroatoms. The second-order valence-corrected chi connectivity index (χ2v) is 4.55. The Morgan fingerprint density at radius 1 is 1.12 bits per heavy atom. The molecule has 5 atom stereocenters.